The maximum Gasteiger partial charge on any atom is 0.0826 e. The molecule has 9 aromatic rings. The summed E-state index contributed by atoms with van der Waals surface area (Å²) >= 11 is 1.86. The fourth-order valence-corrected chi connectivity index (χ4v) is 11.5. The standard InChI is InChI=1S/C72H74N2O2S/c1-9-15-55-25-33-61(34-26-55)73(63-37-29-59(30-38-63)69(13-5)75-49-57-21-17-53(11-3)18-22-57)65-41-43-67(51(7)47-65)71-45-46-72(77-71)68-44-42-66(48-52(68)8)74(62-35-27-56(16-10-2)28-36-62)64-39-31-60(32-40-64)70(14-6)76-50-58-23-19-54(12-4)20-24-58/h11-12,17-48,69-70H,3-4,9-10,13-16,49-50H2,1-2,5-8H3. The van der Waals surface area contributed by atoms with Crippen molar-refractivity contribution in [1.82, 2.24) is 0 Å². The fraction of sp³-hybridized carbons (Fsp3) is 0.222. The summed E-state index contributed by atoms with van der Waals surface area (Å²) < 4.78 is 13.0. The molecule has 0 N–H and O–H groups in total. The zero-order chi connectivity index (χ0) is 53.7. The lowest BCUT2D eigenvalue weighted by Crippen LogP contribution is -2.11. The van der Waals surface area contributed by atoms with Gasteiger partial charge in [0.1, 0.15) is 0 Å². The molecule has 2 unspecified atom stereocenters. The second kappa shape index (κ2) is 26.0. The van der Waals surface area contributed by atoms with E-state index in [-0.39, 0.29) is 12.2 Å². The molecule has 2 atom stereocenters. The van der Waals surface area contributed by atoms with Gasteiger partial charge in [0, 0.05) is 43.9 Å². The van der Waals surface area contributed by atoms with E-state index < -0.39 is 0 Å². The highest BCUT2D eigenvalue weighted by atomic mass is 32.1. The predicted octanol–water partition coefficient (Wildman–Crippen LogP) is 21.2. The summed E-state index contributed by atoms with van der Waals surface area (Å²) in [5.74, 6) is 0. The molecule has 390 valence electrons. The topological polar surface area (TPSA) is 24.9 Å². The molecule has 5 heteroatoms. The molecule has 0 aliphatic heterocycles. The third kappa shape index (κ3) is 13.2. The van der Waals surface area contributed by atoms with Gasteiger partial charge >= 0.3 is 0 Å². The zero-order valence-electron chi connectivity index (χ0n) is 46.0. The van der Waals surface area contributed by atoms with Crippen LogP contribution in [0.25, 0.3) is 33.0 Å². The predicted molar refractivity (Wildman–Crippen MR) is 331 cm³/mol. The molecule has 4 nitrogen and oxygen atoms in total. The van der Waals surface area contributed by atoms with Crippen molar-refractivity contribution in [1.29, 1.82) is 0 Å². The van der Waals surface area contributed by atoms with Gasteiger partial charge in [-0.3, -0.25) is 0 Å². The Hall–Kier alpha value is -7.54. The summed E-state index contributed by atoms with van der Waals surface area (Å²) in [6, 6.07) is 71.3. The van der Waals surface area contributed by atoms with Gasteiger partial charge in [-0.1, -0.05) is 175 Å². The highest BCUT2D eigenvalue weighted by Crippen LogP contribution is 2.43. The lowest BCUT2D eigenvalue weighted by atomic mass is 10.0. The van der Waals surface area contributed by atoms with E-state index in [0.717, 1.165) is 94.9 Å². The molecule has 0 aliphatic carbocycles. The van der Waals surface area contributed by atoms with Crippen LogP contribution in [0, 0.1) is 13.8 Å². The van der Waals surface area contributed by atoms with Crippen LogP contribution in [-0.2, 0) is 35.5 Å². The van der Waals surface area contributed by atoms with Crippen LogP contribution in [0.4, 0.5) is 34.1 Å². The molecular formula is C72H74N2O2S. The first kappa shape index (κ1) is 54.3. The smallest absolute Gasteiger partial charge is 0.0826 e. The Morgan fingerprint density at radius 2 is 0.727 bits per heavy atom. The van der Waals surface area contributed by atoms with Crippen molar-refractivity contribution in [2.75, 3.05) is 9.80 Å². The average molecular weight is 1030 g/mol. The SMILES string of the molecule is C=Cc1ccc(COC(CC)c2ccc(N(c3ccc(CCC)cc3)c3ccc(-c4ccc(-c5ccc(N(c6ccc(CCC)cc6)c6ccc(C(CC)OCc7ccc(C=C)cc7)cc6)cc5C)s4)c(C)c3)cc2)cc1. The van der Waals surface area contributed by atoms with Crippen molar-refractivity contribution in [2.45, 2.75) is 105 Å². The zero-order valence-corrected chi connectivity index (χ0v) is 46.8. The largest absolute Gasteiger partial charge is 0.369 e. The molecule has 0 amide bonds. The number of hydrogen-bond donors (Lipinski definition) is 0. The number of hydrogen-bond acceptors (Lipinski definition) is 5. The van der Waals surface area contributed by atoms with Gasteiger partial charge in [-0.25, -0.2) is 0 Å². The summed E-state index contributed by atoms with van der Waals surface area (Å²) in [6.45, 7) is 22.2. The van der Waals surface area contributed by atoms with Gasteiger partial charge < -0.3 is 19.3 Å². The molecule has 0 aliphatic rings. The highest BCUT2D eigenvalue weighted by molar-refractivity contribution is 7.18. The van der Waals surface area contributed by atoms with E-state index in [1.807, 2.05) is 23.5 Å². The van der Waals surface area contributed by atoms with E-state index in [1.54, 1.807) is 0 Å². The quantitative estimate of drug-likeness (QED) is 0.0602. The molecule has 0 saturated heterocycles. The summed E-state index contributed by atoms with van der Waals surface area (Å²) in [6.07, 6.45) is 9.87. The normalized spacial score (nSPS) is 12.0. The van der Waals surface area contributed by atoms with Gasteiger partial charge in [-0.15, -0.1) is 11.3 Å². The van der Waals surface area contributed by atoms with E-state index in [9.17, 15) is 0 Å². The van der Waals surface area contributed by atoms with Crippen LogP contribution in [-0.4, -0.2) is 0 Å². The van der Waals surface area contributed by atoms with Crippen molar-refractivity contribution < 1.29 is 9.47 Å². The lowest BCUT2D eigenvalue weighted by Gasteiger charge is -2.27. The van der Waals surface area contributed by atoms with E-state index in [4.69, 9.17) is 9.47 Å². The molecule has 0 spiro atoms. The van der Waals surface area contributed by atoms with Crippen LogP contribution in [0.1, 0.15) is 121 Å². The molecule has 0 radical (unpaired) electrons. The number of anilines is 6. The molecule has 1 heterocycles. The third-order valence-corrected chi connectivity index (χ3v) is 15.8. The third-order valence-electron chi connectivity index (χ3n) is 14.7. The number of aryl methyl sites for hydroxylation is 4. The minimum Gasteiger partial charge on any atom is -0.369 e. The molecule has 77 heavy (non-hydrogen) atoms. The number of ether oxygens (including phenoxy) is 2. The van der Waals surface area contributed by atoms with Gasteiger partial charge in [-0.2, -0.15) is 0 Å². The first-order chi connectivity index (χ1) is 37.7. The van der Waals surface area contributed by atoms with Crippen molar-refractivity contribution in [3.63, 3.8) is 0 Å². The minimum atomic E-state index is -0.00598. The monoisotopic (exact) mass is 1030 g/mol. The van der Waals surface area contributed by atoms with Crippen LogP contribution in [0.3, 0.4) is 0 Å². The first-order valence-corrected chi connectivity index (χ1v) is 28.5. The molecule has 0 bridgehead atoms. The number of benzene rings is 8. The van der Waals surface area contributed by atoms with Crippen molar-refractivity contribution in [2.24, 2.45) is 0 Å². The van der Waals surface area contributed by atoms with E-state index in [0.29, 0.717) is 13.2 Å². The van der Waals surface area contributed by atoms with Gasteiger partial charge in [0.2, 0.25) is 0 Å². The Morgan fingerprint density at radius 1 is 0.403 bits per heavy atom. The number of thiophene rings is 1. The van der Waals surface area contributed by atoms with Gasteiger partial charge in [0.05, 0.1) is 25.4 Å². The molecule has 0 fully saturated rings. The summed E-state index contributed by atoms with van der Waals surface area (Å²) in [4.78, 5) is 7.26. The van der Waals surface area contributed by atoms with Gasteiger partial charge in [-0.05, 0) is 191 Å². The van der Waals surface area contributed by atoms with Gasteiger partial charge in [0.25, 0.3) is 0 Å². The second-order valence-corrected chi connectivity index (χ2v) is 21.2. The number of nitrogens with zero attached hydrogens (tertiary/aromatic N) is 2. The van der Waals surface area contributed by atoms with E-state index >= 15 is 0 Å². The lowest BCUT2D eigenvalue weighted by molar-refractivity contribution is 0.0371. The Bertz CT molecular complexity index is 3110. The molecular weight excluding hydrogens is 957 g/mol. The number of rotatable bonds is 24. The van der Waals surface area contributed by atoms with Crippen LogP contribution < -0.4 is 9.80 Å². The van der Waals surface area contributed by atoms with Crippen LogP contribution >= 0.6 is 11.3 Å². The highest BCUT2D eigenvalue weighted by Gasteiger charge is 2.20. The summed E-state index contributed by atoms with van der Waals surface area (Å²) in [5, 5.41) is 0. The minimum absolute atomic E-state index is 0.00598. The second-order valence-electron chi connectivity index (χ2n) is 20.2. The Kier molecular flexibility index (Phi) is 18.3. The van der Waals surface area contributed by atoms with E-state index in [1.165, 1.54) is 54.3 Å². The molecule has 8 aromatic carbocycles. The molecule has 0 saturated carbocycles. The Labute approximate surface area is 463 Å². The van der Waals surface area contributed by atoms with Crippen LogP contribution in [0.2, 0.25) is 0 Å². The van der Waals surface area contributed by atoms with Crippen molar-refractivity contribution >= 4 is 57.6 Å². The average Bonchev–Trinajstić information content (AvgIpc) is 3.95. The maximum absolute atomic E-state index is 6.49. The fourth-order valence-electron chi connectivity index (χ4n) is 10.3. The first-order valence-electron chi connectivity index (χ1n) is 27.6. The Morgan fingerprint density at radius 3 is 1.04 bits per heavy atom. The van der Waals surface area contributed by atoms with E-state index in [2.05, 4.69) is 259 Å². The van der Waals surface area contributed by atoms with Crippen molar-refractivity contribution in [3.05, 3.63) is 263 Å². The summed E-state index contributed by atoms with van der Waals surface area (Å²) in [7, 11) is 0. The van der Waals surface area contributed by atoms with Crippen LogP contribution in [0.5, 0.6) is 0 Å². The van der Waals surface area contributed by atoms with Crippen LogP contribution in [0.15, 0.2) is 207 Å². The summed E-state index contributed by atoms with van der Waals surface area (Å²) in [5.41, 5.74) is 21.3. The Balaban J connectivity index is 0.956. The molecule has 1 aromatic heterocycles. The van der Waals surface area contributed by atoms with Crippen molar-refractivity contribution in [3.8, 4) is 20.9 Å². The van der Waals surface area contributed by atoms with Gasteiger partial charge in [0.15, 0.2) is 0 Å². The molecule has 9 rings (SSSR count). The maximum atomic E-state index is 6.49.